The Morgan fingerprint density at radius 2 is 1.83 bits per heavy atom. The molecular weight excluding hydrogens is 394 g/mol. The monoisotopic (exact) mass is 417 g/mol. The molecule has 7 nitrogen and oxygen atoms in total. The number of nitrogens with zero attached hydrogens (tertiary/aromatic N) is 1. The van der Waals surface area contributed by atoms with Gasteiger partial charge in [0.15, 0.2) is 0 Å². The van der Waals surface area contributed by atoms with E-state index in [9.17, 15) is 9.59 Å². The molecule has 29 heavy (non-hydrogen) atoms. The van der Waals surface area contributed by atoms with E-state index >= 15 is 0 Å². The van der Waals surface area contributed by atoms with Gasteiger partial charge in [0.2, 0.25) is 5.91 Å². The molecule has 154 valence electrons. The number of anilines is 1. The van der Waals surface area contributed by atoms with Gasteiger partial charge in [0.1, 0.15) is 17.6 Å². The highest BCUT2D eigenvalue weighted by Crippen LogP contribution is 2.27. The summed E-state index contributed by atoms with van der Waals surface area (Å²) in [5.74, 6) is 1.28. The van der Waals surface area contributed by atoms with Crippen molar-refractivity contribution >= 4 is 29.9 Å². The van der Waals surface area contributed by atoms with Crippen LogP contribution in [0.3, 0.4) is 0 Å². The van der Waals surface area contributed by atoms with Crippen LogP contribution in [0.4, 0.5) is 5.69 Å². The smallest absolute Gasteiger partial charge is 0.250 e. The molecule has 0 spiro atoms. The standard InChI is InChI=1S/C21H23N3O4.ClH/c25-20-12-15(23-21(26)19-13-22-10-11-27-19)14-24(20)16-6-8-18(9-7-16)28-17-4-2-1-3-5-17;/h1-9,15,19,22H,10-14H2,(H,23,26);1H. The Kier molecular flexibility index (Phi) is 7.09. The summed E-state index contributed by atoms with van der Waals surface area (Å²) in [6.45, 7) is 2.22. The summed E-state index contributed by atoms with van der Waals surface area (Å²) in [5, 5.41) is 6.06. The van der Waals surface area contributed by atoms with Gasteiger partial charge in [-0.3, -0.25) is 9.59 Å². The van der Waals surface area contributed by atoms with Crippen molar-refractivity contribution in [2.75, 3.05) is 31.1 Å². The molecule has 2 saturated heterocycles. The zero-order valence-electron chi connectivity index (χ0n) is 15.9. The molecule has 8 heteroatoms. The Labute approximate surface area is 175 Å². The number of amides is 2. The van der Waals surface area contributed by atoms with Crippen LogP contribution in [0.1, 0.15) is 6.42 Å². The van der Waals surface area contributed by atoms with Crippen LogP contribution in [0.25, 0.3) is 0 Å². The number of hydrogen-bond acceptors (Lipinski definition) is 5. The number of para-hydroxylation sites is 1. The van der Waals surface area contributed by atoms with E-state index in [0.29, 0.717) is 25.4 Å². The maximum Gasteiger partial charge on any atom is 0.250 e. The van der Waals surface area contributed by atoms with E-state index in [4.69, 9.17) is 9.47 Å². The third kappa shape index (κ3) is 5.26. The van der Waals surface area contributed by atoms with Crippen LogP contribution >= 0.6 is 12.4 Å². The van der Waals surface area contributed by atoms with Gasteiger partial charge in [-0.25, -0.2) is 0 Å². The summed E-state index contributed by atoms with van der Waals surface area (Å²) >= 11 is 0. The number of nitrogens with one attached hydrogen (secondary N) is 2. The lowest BCUT2D eigenvalue weighted by atomic mass is 10.2. The van der Waals surface area contributed by atoms with E-state index in [0.717, 1.165) is 18.0 Å². The average Bonchev–Trinajstić information content (AvgIpc) is 3.10. The van der Waals surface area contributed by atoms with Gasteiger partial charge in [-0.05, 0) is 36.4 Å². The molecule has 0 aromatic heterocycles. The van der Waals surface area contributed by atoms with Gasteiger partial charge in [-0.1, -0.05) is 18.2 Å². The molecule has 0 aliphatic carbocycles. The summed E-state index contributed by atoms with van der Waals surface area (Å²) in [6.07, 6.45) is -0.207. The number of carbonyl (C=O) groups is 2. The quantitative estimate of drug-likeness (QED) is 0.778. The molecule has 2 unspecified atom stereocenters. The highest BCUT2D eigenvalue weighted by atomic mass is 35.5. The summed E-state index contributed by atoms with van der Waals surface area (Å²) in [6, 6.07) is 16.7. The minimum atomic E-state index is -0.493. The molecule has 2 aromatic carbocycles. The maximum atomic E-state index is 12.4. The van der Waals surface area contributed by atoms with Crippen LogP contribution in [-0.2, 0) is 14.3 Å². The fraction of sp³-hybridized carbons (Fsp3) is 0.333. The van der Waals surface area contributed by atoms with Crippen molar-refractivity contribution in [1.29, 1.82) is 0 Å². The second-order valence-electron chi connectivity index (χ2n) is 6.89. The largest absolute Gasteiger partial charge is 0.457 e. The normalized spacial score (nSPS) is 21.4. The van der Waals surface area contributed by atoms with Crippen LogP contribution in [-0.4, -0.2) is 50.2 Å². The number of hydrogen-bond donors (Lipinski definition) is 2. The molecule has 2 aliphatic heterocycles. The van der Waals surface area contributed by atoms with Crippen molar-refractivity contribution in [3.63, 3.8) is 0 Å². The molecule has 0 saturated carbocycles. The van der Waals surface area contributed by atoms with E-state index in [1.165, 1.54) is 0 Å². The van der Waals surface area contributed by atoms with E-state index in [1.807, 2.05) is 54.6 Å². The summed E-state index contributed by atoms with van der Waals surface area (Å²) < 4.78 is 11.2. The predicted molar refractivity (Wildman–Crippen MR) is 112 cm³/mol. The highest BCUT2D eigenvalue weighted by Gasteiger charge is 2.33. The Balaban J connectivity index is 0.00000240. The van der Waals surface area contributed by atoms with Crippen molar-refractivity contribution < 1.29 is 19.1 Å². The second-order valence-corrected chi connectivity index (χ2v) is 6.89. The summed E-state index contributed by atoms with van der Waals surface area (Å²) in [5.41, 5.74) is 0.790. The molecule has 2 atom stereocenters. The first-order chi connectivity index (χ1) is 13.7. The first kappa shape index (κ1) is 21.1. The molecule has 2 aliphatic rings. The highest BCUT2D eigenvalue weighted by molar-refractivity contribution is 5.97. The molecule has 2 aromatic rings. The van der Waals surface area contributed by atoms with Gasteiger partial charge in [-0.2, -0.15) is 0 Å². The topological polar surface area (TPSA) is 79.9 Å². The maximum absolute atomic E-state index is 12.4. The van der Waals surface area contributed by atoms with Crippen molar-refractivity contribution in [2.45, 2.75) is 18.6 Å². The zero-order valence-corrected chi connectivity index (χ0v) is 16.7. The number of ether oxygens (including phenoxy) is 2. The minimum Gasteiger partial charge on any atom is -0.457 e. The summed E-state index contributed by atoms with van der Waals surface area (Å²) in [4.78, 5) is 26.4. The lowest BCUT2D eigenvalue weighted by Gasteiger charge is -2.24. The third-order valence-electron chi connectivity index (χ3n) is 4.82. The lowest BCUT2D eigenvalue weighted by Crippen LogP contribution is -2.50. The summed E-state index contributed by atoms with van der Waals surface area (Å²) in [7, 11) is 0. The van der Waals surface area contributed by atoms with E-state index in [2.05, 4.69) is 10.6 Å². The molecule has 0 radical (unpaired) electrons. The fourth-order valence-corrected chi connectivity index (χ4v) is 3.40. The number of carbonyl (C=O) groups excluding carboxylic acids is 2. The average molecular weight is 418 g/mol. The van der Waals surface area contributed by atoms with Crippen molar-refractivity contribution in [1.82, 2.24) is 10.6 Å². The Morgan fingerprint density at radius 1 is 1.10 bits per heavy atom. The number of halogens is 1. The van der Waals surface area contributed by atoms with E-state index < -0.39 is 6.10 Å². The first-order valence-corrected chi connectivity index (χ1v) is 9.45. The van der Waals surface area contributed by atoms with E-state index in [1.54, 1.807) is 4.90 Å². The Hall–Kier alpha value is -2.61. The van der Waals surface area contributed by atoms with Gasteiger partial charge in [0, 0.05) is 31.7 Å². The SMILES string of the molecule is Cl.O=C(NC1CC(=O)N(c2ccc(Oc3ccccc3)cc2)C1)C1CNCCO1. The van der Waals surface area contributed by atoms with Crippen molar-refractivity contribution in [2.24, 2.45) is 0 Å². The molecular formula is C21H24ClN3O4. The molecule has 0 bridgehead atoms. The van der Waals surface area contributed by atoms with Crippen LogP contribution in [0.5, 0.6) is 11.5 Å². The van der Waals surface area contributed by atoms with Gasteiger partial charge in [0.05, 0.1) is 12.6 Å². The van der Waals surface area contributed by atoms with Gasteiger partial charge < -0.3 is 25.0 Å². The number of morpholine rings is 1. The number of benzene rings is 2. The second kappa shape index (κ2) is 9.73. The molecule has 2 heterocycles. The first-order valence-electron chi connectivity index (χ1n) is 9.45. The van der Waals surface area contributed by atoms with Crippen LogP contribution in [0.15, 0.2) is 54.6 Å². The van der Waals surface area contributed by atoms with Crippen molar-refractivity contribution in [3.8, 4) is 11.5 Å². The van der Waals surface area contributed by atoms with Gasteiger partial charge in [0.25, 0.3) is 5.91 Å². The lowest BCUT2D eigenvalue weighted by molar-refractivity contribution is -0.134. The van der Waals surface area contributed by atoms with Crippen LogP contribution < -0.4 is 20.3 Å². The molecule has 2 N–H and O–H groups in total. The minimum absolute atomic E-state index is 0. The van der Waals surface area contributed by atoms with Crippen LogP contribution in [0, 0.1) is 0 Å². The van der Waals surface area contributed by atoms with Crippen molar-refractivity contribution in [3.05, 3.63) is 54.6 Å². The molecule has 4 rings (SSSR count). The molecule has 2 amide bonds. The predicted octanol–water partition coefficient (Wildman–Crippen LogP) is 2.11. The van der Waals surface area contributed by atoms with E-state index in [-0.39, 0.29) is 36.7 Å². The Bertz CT molecular complexity index is 826. The number of rotatable bonds is 5. The van der Waals surface area contributed by atoms with Gasteiger partial charge in [-0.15, -0.1) is 12.4 Å². The third-order valence-corrected chi connectivity index (χ3v) is 4.82. The fourth-order valence-electron chi connectivity index (χ4n) is 3.40. The zero-order chi connectivity index (χ0) is 19.3. The van der Waals surface area contributed by atoms with Crippen LogP contribution in [0.2, 0.25) is 0 Å². The Morgan fingerprint density at radius 3 is 2.52 bits per heavy atom. The molecule has 2 fully saturated rings. The van der Waals surface area contributed by atoms with Gasteiger partial charge >= 0.3 is 0 Å².